The number of hydrogen-bond acceptors (Lipinski definition) is 3. The van der Waals surface area contributed by atoms with Crippen LogP contribution in [0.4, 0.5) is 14.5 Å². The number of nitrogens with one attached hydrogen (secondary N) is 1. The molecule has 4 aromatic rings. The predicted octanol–water partition coefficient (Wildman–Crippen LogP) is 6.75. The van der Waals surface area contributed by atoms with Gasteiger partial charge in [0.15, 0.2) is 0 Å². The summed E-state index contributed by atoms with van der Waals surface area (Å²) in [5.74, 6) is -0.0297. The molecule has 220 valence electrons. The van der Waals surface area contributed by atoms with Crippen LogP contribution in [0.25, 0.3) is 0 Å². The highest BCUT2D eigenvalue weighted by Gasteiger charge is 2.46. The minimum Gasteiger partial charge on any atom is -0.337 e. The molecule has 2 aliphatic carbocycles. The van der Waals surface area contributed by atoms with Gasteiger partial charge in [0.2, 0.25) is 5.91 Å². The van der Waals surface area contributed by atoms with Crippen molar-refractivity contribution in [1.82, 2.24) is 14.3 Å². The number of halogens is 2. The molecule has 4 unspecified atom stereocenters. The van der Waals surface area contributed by atoms with Gasteiger partial charge in [0.25, 0.3) is 0 Å². The molecular formula is C33H36F2N4O2S. The minimum absolute atomic E-state index is 0.00693. The number of hydrogen-bond donors (Lipinski definition) is 1. The number of anilines is 1. The van der Waals surface area contributed by atoms with Gasteiger partial charge in [0, 0.05) is 37.1 Å². The third-order valence-electron chi connectivity index (χ3n) is 7.92. The van der Waals surface area contributed by atoms with E-state index in [1.54, 1.807) is 23.2 Å². The van der Waals surface area contributed by atoms with Crippen molar-refractivity contribution in [3.63, 3.8) is 0 Å². The highest BCUT2D eigenvalue weighted by atomic mass is 32.2. The van der Waals surface area contributed by atoms with Gasteiger partial charge < -0.3 is 9.47 Å². The Morgan fingerprint density at radius 3 is 2.40 bits per heavy atom. The first-order chi connectivity index (χ1) is 20.4. The molecule has 1 saturated carbocycles. The molecule has 9 heteroatoms. The van der Waals surface area contributed by atoms with Gasteiger partial charge >= 0.3 is 0 Å². The van der Waals surface area contributed by atoms with E-state index in [9.17, 15) is 17.8 Å². The summed E-state index contributed by atoms with van der Waals surface area (Å²) in [6.07, 6.45) is 6.93. The van der Waals surface area contributed by atoms with Gasteiger partial charge in [-0.3, -0.25) is 4.79 Å². The lowest BCUT2D eigenvalue weighted by molar-refractivity contribution is -0.120. The molecule has 0 aliphatic heterocycles. The first-order valence-electron chi connectivity index (χ1n) is 14.5. The number of rotatable bonds is 8. The van der Waals surface area contributed by atoms with Crippen molar-refractivity contribution in [2.24, 2.45) is 13.0 Å². The van der Waals surface area contributed by atoms with Gasteiger partial charge in [-0.25, -0.2) is 22.7 Å². The van der Waals surface area contributed by atoms with Crippen molar-refractivity contribution in [2.45, 2.75) is 62.9 Å². The highest BCUT2D eigenvalue weighted by molar-refractivity contribution is 7.83. The smallest absolute Gasteiger partial charge is 0.231 e. The first-order valence-corrected chi connectivity index (χ1v) is 15.6. The van der Waals surface area contributed by atoms with Gasteiger partial charge in [-0.15, -0.1) is 0 Å². The van der Waals surface area contributed by atoms with Crippen LogP contribution in [0.15, 0.2) is 84.0 Å². The largest absolute Gasteiger partial charge is 0.337 e. The summed E-state index contributed by atoms with van der Waals surface area (Å²) in [4.78, 5) is 20.7. The van der Waals surface area contributed by atoms with Crippen molar-refractivity contribution in [2.75, 3.05) is 4.90 Å². The van der Waals surface area contributed by atoms with Gasteiger partial charge in [-0.05, 0) is 96.8 Å². The van der Waals surface area contributed by atoms with Gasteiger partial charge in [0.1, 0.15) is 28.4 Å². The zero-order chi connectivity index (χ0) is 29.8. The molecule has 6 rings (SSSR count). The molecule has 3 aromatic carbocycles. The number of imidazole rings is 1. The average molecular weight is 591 g/mol. The molecule has 4 atom stereocenters. The monoisotopic (exact) mass is 590 g/mol. The van der Waals surface area contributed by atoms with E-state index in [1.165, 1.54) is 36.4 Å². The lowest BCUT2D eigenvalue weighted by Crippen LogP contribution is -2.34. The second-order valence-electron chi connectivity index (χ2n) is 10.5. The first kappa shape index (κ1) is 29.8. The van der Waals surface area contributed by atoms with Crippen LogP contribution in [-0.2, 0) is 35.8 Å². The lowest BCUT2D eigenvalue weighted by atomic mass is 9.87. The zero-order valence-electron chi connectivity index (χ0n) is 24.1. The summed E-state index contributed by atoms with van der Waals surface area (Å²) >= 11 is 0. The number of fused-ring (bicyclic) bond motifs is 1. The van der Waals surface area contributed by atoms with E-state index in [-0.39, 0.29) is 35.4 Å². The topological polar surface area (TPSA) is 67.2 Å². The second-order valence-corrected chi connectivity index (χ2v) is 11.8. The molecule has 1 N–H and O–H groups in total. The normalized spacial score (nSPS) is 19.7. The van der Waals surface area contributed by atoms with Crippen LogP contribution in [0.2, 0.25) is 0 Å². The van der Waals surface area contributed by atoms with Crippen LogP contribution in [0.1, 0.15) is 67.6 Å². The molecule has 2 aliphatic rings. The van der Waals surface area contributed by atoms with Crippen molar-refractivity contribution >= 4 is 22.6 Å². The van der Waals surface area contributed by atoms with Crippen LogP contribution >= 0.6 is 0 Å². The van der Waals surface area contributed by atoms with Crippen molar-refractivity contribution in [3.05, 3.63) is 113 Å². The average Bonchev–Trinajstić information content (AvgIpc) is 3.71. The number of carbonyl (C=O) groups excluding carboxylic acids is 1. The third-order valence-corrected chi connectivity index (χ3v) is 9.12. The number of amides is 1. The molecule has 1 amide bonds. The summed E-state index contributed by atoms with van der Waals surface area (Å²) < 4.78 is 45.0. The molecule has 1 fully saturated rings. The maximum atomic E-state index is 14.0. The quantitative estimate of drug-likeness (QED) is 0.247. The van der Waals surface area contributed by atoms with Crippen LogP contribution < -0.4 is 9.62 Å². The molecule has 6 nitrogen and oxygen atoms in total. The SMILES string of the molecule is CC.Cn1ccnc1CN(C(=O)C1CC1c1ccc(F)cc1)c1ccc2c(c1)C(NS(=O)c1ccc(F)cc1)CCC2. The van der Waals surface area contributed by atoms with Crippen molar-refractivity contribution < 1.29 is 17.8 Å². The Balaban J connectivity index is 0.00000173. The number of aromatic nitrogens is 2. The molecule has 1 heterocycles. The Labute approximate surface area is 248 Å². The molecule has 1 aromatic heterocycles. The Morgan fingerprint density at radius 2 is 1.74 bits per heavy atom. The maximum absolute atomic E-state index is 14.0. The second kappa shape index (κ2) is 13.1. The van der Waals surface area contributed by atoms with E-state index >= 15 is 0 Å². The highest BCUT2D eigenvalue weighted by Crippen LogP contribution is 2.49. The summed E-state index contributed by atoms with van der Waals surface area (Å²) in [5, 5.41) is 0. The van der Waals surface area contributed by atoms with Crippen LogP contribution in [0.5, 0.6) is 0 Å². The molecule has 0 radical (unpaired) electrons. The Bertz CT molecular complexity index is 1560. The molecule has 42 heavy (non-hydrogen) atoms. The Morgan fingerprint density at radius 1 is 1.05 bits per heavy atom. The fourth-order valence-corrected chi connectivity index (χ4v) is 6.59. The predicted molar refractivity (Wildman–Crippen MR) is 161 cm³/mol. The van der Waals surface area contributed by atoms with Crippen LogP contribution in [0, 0.1) is 17.6 Å². The summed E-state index contributed by atoms with van der Waals surface area (Å²) in [7, 11) is 0.390. The summed E-state index contributed by atoms with van der Waals surface area (Å²) in [6, 6.07) is 18.0. The maximum Gasteiger partial charge on any atom is 0.231 e. The van der Waals surface area contributed by atoms with Crippen LogP contribution in [0.3, 0.4) is 0 Å². The van der Waals surface area contributed by atoms with Crippen molar-refractivity contribution in [1.29, 1.82) is 0 Å². The standard InChI is InChI=1S/C31H30F2N4O2S.C2H6/c1-36-16-15-34-30(36)19-37(31(38)28-18-26(28)21-5-8-22(32)9-6-21)24-12-7-20-3-2-4-29(27(20)17-24)35-40(39)25-13-10-23(33)11-14-25;1-2/h5-17,26,28-29,35H,2-4,18-19H2,1H3;1-2H3. The summed E-state index contributed by atoms with van der Waals surface area (Å²) in [6.45, 7) is 4.31. The fourth-order valence-electron chi connectivity index (χ4n) is 5.57. The lowest BCUT2D eigenvalue weighted by Gasteiger charge is -2.29. The zero-order valence-corrected chi connectivity index (χ0v) is 24.9. The van der Waals surface area contributed by atoms with Gasteiger partial charge in [-0.2, -0.15) is 0 Å². The van der Waals surface area contributed by atoms with E-state index in [4.69, 9.17) is 0 Å². The van der Waals surface area contributed by atoms with E-state index in [1.807, 2.05) is 43.8 Å². The fraction of sp³-hybridized carbons (Fsp3) is 0.333. The van der Waals surface area contributed by atoms with Crippen molar-refractivity contribution in [3.8, 4) is 0 Å². The van der Waals surface area contributed by atoms with Crippen LogP contribution in [-0.4, -0.2) is 19.7 Å². The van der Waals surface area contributed by atoms with E-state index in [0.29, 0.717) is 17.9 Å². The number of benzene rings is 3. The van der Waals surface area contributed by atoms with E-state index < -0.39 is 11.0 Å². The number of nitrogens with zero attached hydrogens (tertiary/aromatic N) is 3. The van der Waals surface area contributed by atoms with Gasteiger partial charge in [0.05, 0.1) is 11.4 Å². The Kier molecular flexibility index (Phi) is 9.28. The number of aryl methyl sites for hydroxylation is 2. The van der Waals surface area contributed by atoms with Gasteiger partial charge in [-0.1, -0.05) is 32.0 Å². The molecular weight excluding hydrogens is 554 g/mol. The molecule has 0 saturated heterocycles. The number of carbonyl (C=O) groups is 1. The molecule has 0 bridgehead atoms. The molecule has 0 spiro atoms. The minimum atomic E-state index is -1.51. The van der Waals surface area contributed by atoms with E-state index in [2.05, 4.69) is 15.8 Å². The summed E-state index contributed by atoms with van der Waals surface area (Å²) in [5.41, 5.74) is 3.90. The van der Waals surface area contributed by atoms with E-state index in [0.717, 1.165) is 47.5 Å². The third kappa shape index (κ3) is 6.52. The Hall–Kier alpha value is -3.69.